The van der Waals surface area contributed by atoms with E-state index in [4.69, 9.17) is 24.1 Å². The Morgan fingerprint density at radius 2 is 1.43 bits per heavy atom. The van der Waals surface area contributed by atoms with Gasteiger partial charge in [0, 0.05) is 12.8 Å². The van der Waals surface area contributed by atoms with Gasteiger partial charge in [-0.1, -0.05) is 91.0 Å². The van der Waals surface area contributed by atoms with Gasteiger partial charge in [-0.25, -0.2) is 9.98 Å². The summed E-state index contributed by atoms with van der Waals surface area (Å²) in [6, 6.07) is 29.6. The van der Waals surface area contributed by atoms with E-state index in [1.165, 1.54) is 6.33 Å². The predicted molar refractivity (Wildman–Crippen MR) is 170 cm³/mol. The maximum absolute atomic E-state index is 14.8. The average molecular weight is 626 g/mol. The third-order valence-electron chi connectivity index (χ3n) is 7.60. The standard InChI is InChI=1S/C35H36FN5O5/c36-35-39-32(37-18-10-11-19-42)29-33(40-35)41(24-38-29)34-31(45-22-27-16-8-3-9-17-27)30(44-21-26-14-6-2-7-15-26)28(46-34)23-43-20-25-12-4-1-5-13-25/h1-9,12-18,24,28,30-31,34,42H,10-11,19-23H2/b37-18-/t28-,30-,31+,34-/m1/s1. The Bertz CT molecular complexity index is 1690. The van der Waals surface area contributed by atoms with Crippen LogP contribution < -0.4 is 0 Å². The Morgan fingerprint density at radius 3 is 2.07 bits per heavy atom. The number of aromatic nitrogens is 4. The Morgan fingerprint density at radius 1 is 0.826 bits per heavy atom. The summed E-state index contributed by atoms with van der Waals surface area (Å²) in [5.74, 6) is 0.0959. The van der Waals surface area contributed by atoms with Gasteiger partial charge in [-0.15, -0.1) is 0 Å². The van der Waals surface area contributed by atoms with Crippen LogP contribution >= 0.6 is 0 Å². The van der Waals surface area contributed by atoms with Gasteiger partial charge in [0.2, 0.25) is 0 Å². The van der Waals surface area contributed by atoms with Crippen molar-refractivity contribution in [3.05, 3.63) is 120 Å². The van der Waals surface area contributed by atoms with Crippen molar-refractivity contribution in [1.29, 1.82) is 0 Å². The van der Waals surface area contributed by atoms with Crippen molar-refractivity contribution in [3.8, 4) is 0 Å². The summed E-state index contributed by atoms with van der Waals surface area (Å²) in [4.78, 5) is 16.8. The van der Waals surface area contributed by atoms with Crippen LogP contribution in [0.2, 0.25) is 0 Å². The summed E-state index contributed by atoms with van der Waals surface area (Å²) in [6.45, 7) is 1.28. The highest BCUT2D eigenvalue weighted by molar-refractivity contribution is 5.83. The minimum Gasteiger partial charge on any atom is -0.396 e. The fraction of sp³-hybridized carbons (Fsp3) is 0.314. The highest BCUT2D eigenvalue weighted by Gasteiger charge is 2.48. The fourth-order valence-corrected chi connectivity index (χ4v) is 5.33. The Kier molecular flexibility index (Phi) is 10.8. The molecule has 0 saturated carbocycles. The number of aliphatic imine (C=N–C) groups is 1. The van der Waals surface area contributed by atoms with E-state index < -0.39 is 30.6 Å². The zero-order valence-corrected chi connectivity index (χ0v) is 25.3. The second kappa shape index (κ2) is 15.7. The molecule has 3 heterocycles. The molecule has 0 spiro atoms. The molecular formula is C35H36FN5O5. The smallest absolute Gasteiger partial charge is 0.312 e. The van der Waals surface area contributed by atoms with Crippen LogP contribution in [0.1, 0.15) is 35.8 Å². The van der Waals surface area contributed by atoms with Crippen molar-refractivity contribution in [1.82, 2.24) is 19.5 Å². The molecule has 46 heavy (non-hydrogen) atoms. The molecule has 1 saturated heterocycles. The molecule has 0 amide bonds. The number of unbranched alkanes of at least 4 members (excludes halogenated alkanes) is 1. The van der Waals surface area contributed by atoms with Crippen molar-refractivity contribution in [2.45, 2.75) is 57.2 Å². The van der Waals surface area contributed by atoms with Gasteiger partial charge >= 0.3 is 6.08 Å². The number of benzene rings is 3. The monoisotopic (exact) mass is 625 g/mol. The molecular weight excluding hydrogens is 589 g/mol. The third-order valence-corrected chi connectivity index (χ3v) is 7.60. The Balaban J connectivity index is 1.32. The topological polar surface area (TPSA) is 113 Å². The van der Waals surface area contributed by atoms with E-state index >= 15 is 0 Å². The lowest BCUT2D eigenvalue weighted by atomic mass is 10.1. The minimum absolute atomic E-state index is 0.0291. The SMILES string of the molecule is OCCC/C=N\c1nc(F)nc2c1ncn2[C@@H]1O[C@H](COCc2ccccc2)[C@@H](OCc2ccccc2)[C@@H]1OCc1ccccc1. The highest BCUT2D eigenvalue weighted by Crippen LogP contribution is 2.37. The molecule has 0 bridgehead atoms. The van der Waals surface area contributed by atoms with Gasteiger partial charge in [0.05, 0.1) is 32.8 Å². The number of nitrogens with zero attached hydrogens (tertiary/aromatic N) is 5. The van der Waals surface area contributed by atoms with Crippen LogP contribution in [-0.2, 0) is 38.8 Å². The zero-order chi connectivity index (χ0) is 31.6. The molecule has 0 unspecified atom stereocenters. The molecule has 5 aromatic rings. The zero-order valence-electron chi connectivity index (χ0n) is 25.3. The van der Waals surface area contributed by atoms with Gasteiger partial charge in [-0.3, -0.25) is 4.57 Å². The van der Waals surface area contributed by atoms with Crippen LogP contribution in [0, 0.1) is 6.08 Å². The number of imidazole rings is 1. The van der Waals surface area contributed by atoms with Crippen LogP contribution in [0.5, 0.6) is 0 Å². The van der Waals surface area contributed by atoms with E-state index in [0.29, 0.717) is 38.2 Å². The fourth-order valence-electron chi connectivity index (χ4n) is 5.33. The number of aliphatic hydroxyl groups is 1. The summed E-state index contributed by atoms with van der Waals surface area (Å²) >= 11 is 0. The molecule has 6 rings (SSSR count). The molecule has 1 N–H and O–H groups in total. The van der Waals surface area contributed by atoms with Gasteiger partial charge in [-0.05, 0) is 29.5 Å². The molecule has 1 aliphatic heterocycles. The van der Waals surface area contributed by atoms with Crippen LogP contribution in [0.3, 0.4) is 0 Å². The van der Waals surface area contributed by atoms with Gasteiger partial charge in [-0.2, -0.15) is 14.4 Å². The van der Waals surface area contributed by atoms with E-state index in [1.54, 1.807) is 10.8 Å². The van der Waals surface area contributed by atoms with Gasteiger partial charge < -0.3 is 24.1 Å². The summed E-state index contributed by atoms with van der Waals surface area (Å²) in [6.07, 6.45) is 0.727. The van der Waals surface area contributed by atoms with Crippen molar-refractivity contribution in [2.75, 3.05) is 13.2 Å². The summed E-state index contributed by atoms with van der Waals surface area (Å²) in [5.41, 5.74) is 3.56. The van der Waals surface area contributed by atoms with Gasteiger partial charge in [0.1, 0.15) is 18.3 Å². The van der Waals surface area contributed by atoms with Gasteiger partial charge in [0.25, 0.3) is 0 Å². The van der Waals surface area contributed by atoms with E-state index in [-0.39, 0.29) is 24.7 Å². The van der Waals surface area contributed by atoms with E-state index in [9.17, 15) is 4.39 Å². The van der Waals surface area contributed by atoms with Crippen molar-refractivity contribution in [2.24, 2.45) is 4.99 Å². The first kappa shape index (κ1) is 31.6. The molecule has 4 atom stereocenters. The molecule has 1 fully saturated rings. The first-order valence-electron chi connectivity index (χ1n) is 15.3. The lowest BCUT2D eigenvalue weighted by Gasteiger charge is -2.25. The first-order chi connectivity index (χ1) is 22.7. The molecule has 11 heteroatoms. The normalized spacial score (nSPS) is 19.8. The maximum Gasteiger partial charge on any atom is 0.312 e. The number of hydrogen-bond donors (Lipinski definition) is 1. The number of aliphatic hydroxyl groups excluding tert-OH is 1. The van der Waals surface area contributed by atoms with Crippen molar-refractivity contribution < 1.29 is 28.4 Å². The average Bonchev–Trinajstić information content (AvgIpc) is 3.66. The summed E-state index contributed by atoms with van der Waals surface area (Å²) in [5, 5.41) is 9.10. The largest absolute Gasteiger partial charge is 0.396 e. The molecule has 2 aromatic heterocycles. The lowest BCUT2D eigenvalue weighted by Crippen LogP contribution is -2.38. The summed E-state index contributed by atoms with van der Waals surface area (Å²) < 4.78 is 42.4. The number of halogens is 1. The van der Waals surface area contributed by atoms with Crippen LogP contribution in [0.15, 0.2) is 102 Å². The Hall–Kier alpha value is -4.39. The maximum atomic E-state index is 14.8. The number of hydrogen-bond acceptors (Lipinski definition) is 9. The molecule has 10 nitrogen and oxygen atoms in total. The molecule has 1 aliphatic rings. The summed E-state index contributed by atoms with van der Waals surface area (Å²) in [7, 11) is 0. The van der Waals surface area contributed by atoms with Crippen LogP contribution in [-0.4, -0.2) is 62.4 Å². The second-order valence-electron chi connectivity index (χ2n) is 10.9. The van der Waals surface area contributed by atoms with E-state index in [0.717, 1.165) is 16.7 Å². The molecule has 0 aliphatic carbocycles. The lowest BCUT2D eigenvalue weighted by molar-refractivity contribution is -0.0913. The number of ether oxygens (including phenoxy) is 4. The highest BCUT2D eigenvalue weighted by atomic mass is 19.1. The van der Waals surface area contributed by atoms with Crippen molar-refractivity contribution >= 4 is 23.2 Å². The van der Waals surface area contributed by atoms with E-state index in [2.05, 4.69) is 19.9 Å². The molecule has 3 aromatic carbocycles. The number of fused-ring (bicyclic) bond motifs is 1. The Labute approximate surface area is 266 Å². The molecule has 0 radical (unpaired) electrons. The number of rotatable bonds is 15. The molecule has 238 valence electrons. The second-order valence-corrected chi connectivity index (χ2v) is 10.9. The van der Waals surface area contributed by atoms with Crippen LogP contribution in [0.25, 0.3) is 11.2 Å². The minimum atomic E-state index is -0.942. The first-order valence-corrected chi connectivity index (χ1v) is 15.3. The van der Waals surface area contributed by atoms with E-state index in [1.807, 2.05) is 91.0 Å². The van der Waals surface area contributed by atoms with Gasteiger partial charge in [0.15, 0.2) is 23.2 Å². The quantitative estimate of drug-likeness (QED) is 0.0893. The van der Waals surface area contributed by atoms with Crippen molar-refractivity contribution in [3.63, 3.8) is 0 Å². The van der Waals surface area contributed by atoms with Crippen LogP contribution in [0.4, 0.5) is 10.2 Å². The third kappa shape index (κ3) is 7.87. The predicted octanol–water partition coefficient (Wildman–Crippen LogP) is 5.73.